The van der Waals surface area contributed by atoms with E-state index in [0.29, 0.717) is 0 Å². The fourth-order valence-corrected chi connectivity index (χ4v) is 3.52. The molecule has 0 saturated carbocycles. The van der Waals surface area contributed by atoms with E-state index in [4.69, 9.17) is 11.6 Å². The molecule has 0 bridgehead atoms. The average Bonchev–Trinajstić information content (AvgIpc) is 2.60. The van der Waals surface area contributed by atoms with Crippen molar-refractivity contribution < 1.29 is 0 Å². The summed E-state index contributed by atoms with van der Waals surface area (Å²) >= 11 is 7.93. The summed E-state index contributed by atoms with van der Waals surface area (Å²) in [6.45, 7) is 2.41. The number of benzene rings is 1. The van der Waals surface area contributed by atoms with Crippen LogP contribution in [0.15, 0.2) is 24.3 Å². The van der Waals surface area contributed by atoms with E-state index in [1.165, 1.54) is 43.7 Å². The molecule has 1 atom stereocenters. The summed E-state index contributed by atoms with van der Waals surface area (Å²) in [5.41, 5.74) is 1.38. The van der Waals surface area contributed by atoms with Crippen LogP contribution in [0, 0.1) is 5.92 Å². The van der Waals surface area contributed by atoms with Crippen LogP contribution < -0.4 is 5.32 Å². The summed E-state index contributed by atoms with van der Waals surface area (Å²) in [4.78, 5) is 0. The van der Waals surface area contributed by atoms with Crippen molar-refractivity contribution in [1.29, 1.82) is 0 Å². The third kappa shape index (κ3) is 4.90. The topological polar surface area (TPSA) is 12.0 Å². The number of rotatable bonds is 4. The van der Waals surface area contributed by atoms with Gasteiger partial charge in [-0.1, -0.05) is 23.7 Å². The third-order valence-corrected chi connectivity index (χ3v) is 4.73. The van der Waals surface area contributed by atoms with E-state index in [-0.39, 0.29) is 0 Å². The second kappa shape index (κ2) is 7.30. The molecule has 3 heteroatoms. The first-order valence-corrected chi connectivity index (χ1v) is 7.91. The van der Waals surface area contributed by atoms with Crippen LogP contribution in [-0.2, 0) is 5.75 Å². The molecule has 0 spiro atoms. The number of nitrogens with one attached hydrogen (secondary N) is 1. The van der Waals surface area contributed by atoms with Gasteiger partial charge in [0, 0.05) is 10.8 Å². The van der Waals surface area contributed by atoms with Crippen molar-refractivity contribution in [1.82, 2.24) is 5.32 Å². The van der Waals surface area contributed by atoms with Crippen LogP contribution in [0.3, 0.4) is 0 Å². The lowest BCUT2D eigenvalue weighted by atomic mass is 10.0. The van der Waals surface area contributed by atoms with E-state index in [0.717, 1.165) is 16.7 Å². The Morgan fingerprint density at radius 2 is 2.00 bits per heavy atom. The zero-order valence-corrected chi connectivity index (χ0v) is 11.7. The predicted octanol–water partition coefficient (Wildman–Crippen LogP) is 3.96. The van der Waals surface area contributed by atoms with Gasteiger partial charge in [0.15, 0.2) is 0 Å². The van der Waals surface area contributed by atoms with E-state index in [2.05, 4.69) is 29.2 Å². The molecule has 1 aliphatic rings. The first-order chi connectivity index (χ1) is 8.34. The summed E-state index contributed by atoms with van der Waals surface area (Å²) in [5, 5.41) is 4.30. The Morgan fingerprint density at radius 1 is 1.18 bits per heavy atom. The minimum absolute atomic E-state index is 0.827. The van der Waals surface area contributed by atoms with E-state index < -0.39 is 0 Å². The molecular weight excluding hydrogens is 250 g/mol. The van der Waals surface area contributed by atoms with Crippen molar-refractivity contribution in [3.8, 4) is 0 Å². The van der Waals surface area contributed by atoms with Crippen LogP contribution in [0.2, 0.25) is 5.02 Å². The Balaban J connectivity index is 1.69. The van der Waals surface area contributed by atoms with Crippen LogP contribution >= 0.6 is 23.4 Å². The number of halogens is 1. The summed E-state index contributed by atoms with van der Waals surface area (Å²) in [7, 11) is 0. The van der Waals surface area contributed by atoms with Crippen LogP contribution in [0.5, 0.6) is 0 Å². The van der Waals surface area contributed by atoms with Gasteiger partial charge in [-0.05, 0) is 61.7 Å². The van der Waals surface area contributed by atoms with Gasteiger partial charge in [-0.2, -0.15) is 11.8 Å². The number of thioether (sulfide) groups is 1. The highest BCUT2D eigenvalue weighted by molar-refractivity contribution is 7.98. The van der Waals surface area contributed by atoms with Gasteiger partial charge in [0.1, 0.15) is 0 Å². The molecule has 0 amide bonds. The molecule has 1 unspecified atom stereocenters. The summed E-state index contributed by atoms with van der Waals surface area (Å²) in [6, 6.07) is 8.22. The second-order valence-corrected chi connectivity index (χ2v) is 6.16. The smallest absolute Gasteiger partial charge is 0.0406 e. The Kier molecular flexibility index (Phi) is 5.69. The highest BCUT2D eigenvalue weighted by Gasteiger charge is 2.11. The van der Waals surface area contributed by atoms with Crippen LogP contribution in [0.1, 0.15) is 24.8 Å². The lowest BCUT2D eigenvalue weighted by molar-refractivity contribution is 0.528. The molecule has 0 aliphatic carbocycles. The molecule has 1 N–H and O–H groups in total. The quantitative estimate of drug-likeness (QED) is 0.888. The van der Waals surface area contributed by atoms with Gasteiger partial charge in [-0.25, -0.2) is 0 Å². The maximum absolute atomic E-state index is 5.87. The molecule has 1 aliphatic heterocycles. The molecular formula is C14H20ClNS. The highest BCUT2D eigenvalue weighted by Crippen LogP contribution is 2.22. The maximum Gasteiger partial charge on any atom is 0.0406 e. The molecule has 2 rings (SSSR count). The first-order valence-electron chi connectivity index (χ1n) is 6.37. The minimum atomic E-state index is 0.827. The van der Waals surface area contributed by atoms with E-state index in [1.807, 2.05) is 12.1 Å². The normalized spacial score (nSPS) is 21.1. The highest BCUT2D eigenvalue weighted by atomic mass is 35.5. The average molecular weight is 270 g/mol. The third-order valence-electron chi connectivity index (χ3n) is 3.23. The monoisotopic (exact) mass is 269 g/mol. The SMILES string of the molecule is Clc1ccc(CSCC2CCCNCC2)cc1. The van der Waals surface area contributed by atoms with Crippen molar-refractivity contribution in [2.45, 2.75) is 25.0 Å². The van der Waals surface area contributed by atoms with Gasteiger partial charge < -0.3 is 5.32 Å². The molecule has 0 aromatic heterocycles. The predicted molar refractivity (Wildman–Crippen MR) is 77.8 cm³/mol. The Hall–Kier alpha value is -0.180. The lowest BCUT2D eigenvalue weighted by Crippen LogP contribution is -2.14. The van der Waals surface area contributed by atoms with Crippen LogP contribution in [0.4, 0.5) is 0 Å². The van der Waals surface area contributed by atoms with E-state index in [9.17, 15) is 0 Å². The van der Waals surface area contributed by atoms with Crippen molar-refractivity contribution >= 4 is 23.4 Å². The summed E-state index contributed by atoms with van der Waals surface area (Å²) in [6.07, 6.45) is 4.07. The van der Waals surface area contributed by atoms with Crippen LogP contribution in [0.25, 0.3) is 0 Å². The van der Waals surface area contributed by atoms with E-state index in [1.54, 1.807) is 0 Å². The standard InChI is InChI=1S/C14H20ClNS/c15-14-5-3-13(4-6-14)11-17-10-12-2-1-8-16-9-7-12/h3-6,12,16H,1-2,7-11H2. The number of hydrogen-bond acceptors (Lipinski definition) is 2. The maximum atomic E-state index is 5.87. The molecule has 94 valence electrons. The molecule has 1 saturated heterocycles. The van der Waals surface area contributed by atoms with Crippen molar-refractivity contribution in [3.05, 3.63) is 34.9 Å². The molecule has 1 aromatic carbocycles. The lowest BCUT2D eigenvalue weighted by Gasteiger charge is -2.12. The summed E-state index contributed by atoms with van der Waals surface area (Å²) in [5.74, 6) is 3.31. The Morgan fingerprint density at radius 3 is 2.82 bits per heavy atom. The summed E-state index contributed by atoms with van der Waals surface area (Å²) < 4.78 is 0. The van der Waals surface area contributed by atoms with Gasteiger partial charge in [0.05, 0.1) is 0 Å². The molecule has 17 heavy (non-hydrogen) atoms. The van der Waals surface area contributed by atoms with Gasteiger partial charge in [-0.15, -0.1) is 0 Å². The van der Waals surface area contributed by atoms with Gasteiger partial charge in [0.25, 0.3) is 0 Å². The van der Waals surface area contributed by atoms with Crippen LogP contribution in [-0.4, -0.2) is 18.8 Å². The fraction of sp³-hybridized carbons (Fsp3) is 0.571. The van der Waals surface area contributed by atoms with Gasteiger partial charge in [-0.3, -0.25) is 0 Å². The van der Waals surface area contributed by atoms with E-state index >= 15 is 0 Å². The van der Waals surface area contributed by atoms with Gasteiger partial charge >= 0.3 is 0 Å². The molecule has 1 aromatic rings. The zero-order chi connectivity index (χ0) is 11.9. The second-order valence-electron chi connectivity index (χ2n) is 4.69. The Bertz CT molecular complexity index is 317. The molecule has 1 fully saturated rings. The molecule has 0 radical (unpaired) electrons. The van der Waals surface area contributed by atoms with Gasteiger partial charge in [0.2, 0.25) is 0 Å². The Labute approximate surface area is 113 Å². The zero-order valence-electron chi connectivity index (χ0n) is 10.1. The number of hydrogen-bond donors (Lipinski definition) is 1. The minimum Gasteiger partial charge on any atom is -0.317 e. The molecule has 1 nitrogen and oxygen atoms in total. The van der Waals surface area contributed by atoms with Crippen molar-refractivity contribution in [2.75, 3.05) is 18.8 Å². The van der Waals surface area contributed by atoms with Crippen molar-refractivity contribution in [3.63, 3.8) is 0 Å². The van der Waals surface area contributed by atoms with Crippen molar-refractivity contribution in [2.24, 2.45) is 5.92 Å². The molecule has 1 heterocycles. The fourth-order valence-electron chi connectivity index (χ4n) is 2.18. The first kappa shape index (κ1) is 13.3. The largest absolute Gasteiger partial charge is 0.317 e.